The van der Waals surface area contributed by atoms with Gasteiger partial charge in [-0.2, -0.15) is 0 Å². The summed E-state index contributed by atoms with van der Waals surface area (Å²) in [7, 11) is 1.42. The van der Waals surface area contributed by atoms with E-state index in [0.29, 0.717) is 13.1 Å². The third-order valence-corrected chi connectivity index (χ3v) is 7.11. The molecular formula is C17H25N3O6S. The first-order chi connectivity index (χ1) is 12.6. The van der Waals surface area contributed by atoms with Crippen molar-refractivity contribution in [3.8, 4) is 0 Å². The fourth-order valence-corrected chi connectivity index (χ4v) is 5.78. The van der Waals surface area contributed by atoms with Gasteiger partial charge in [0.25, 0.3) is 5.91 Å². The van der Waals surface area contributed by atoms with E-state index >= 15 is 0 Å². The van der Waals surface area contributed by atoms with Gasteiger partial charge in [0.05, 0.1) is 11.9 Å². The Balaban J connectivity index is 1.65. The fraction of sp³-hybridized carbons (Fsp3) is 0.765. The number of thioether (sulfide) groups is 1. The molecular weight excluding hydrogens is 374 g/mol. The highest BCUT2D eigenvalue weighted by Crippen LogP contribution is 2.54. The Labute approximate surface area is 161 Å². The SMILES string of the molecule is CN(CC(=O)N1CCCC1)C(=O)[C@@H](O)[C@@H]1C(=O)N2[C@@H]1SC(C)(C)[C@@H]2C(=O)O. The number of carboxylic acid groups (broad SMARTS) is 1. The van der Waals surface area contributed by atoms with E-state index in [9.17, 15) is 29.4 Å². The van der Waals surface area contributed by atoms with Gasteiger partial charge < -0.3 is 24.9 Å². The molecule has 3 aliphatic heterocycles. The number of β-lactam (4-membered cyclic amide) rings is 1. The Bertz CT molecular complexity index is 678. The number of carbonyl (C=O) groups excluding carboxylic acids is 3. The van der Waals surface area contributed by atoms with E-state index in [0.717, 1.165) is 17.7 Å². The summed E-state index contributed by atoms with van der Waals surface area (Å²) in [5, 5.41) is 19.3. The van der Waals surface area contributed by atoms with Gasteiger partial charge in [0.1, 0.15) is 18.1 Å². The van der Waals surface area contributed by atoms with Crippen LogP contribution in [0.5, 0.6) is 0 Å². The molecule has 0 radical (unpaired) electrons. The van der Waals surface area contributed by atoms with Gasteiger partial charge in [0.2, 0.25) is 11.8 Å². The van der Waals surface area contributed by atoms with E-state index in [2.05, 4.69) is 0 Å². The average molecular weight is 399 g/mol. The van der Waals surface area contributed by atoms with Crippen LogP contribution in [-0.2, 0) is 19.2 Å². The molecule has 3 rings (SSSR count). The molecule has 150 valence electrons. The van der Waals surface area contributed by atoms with E-state index in [1.54, 1.807) is 18.7 Å². The van der Waals surface area contributed by atoms with Gasteiger partial charge in [0.15, 0.2) is 0 Å². The fourth-order valence-electron chi connectivity index (χ4n) is 4.06. The molecule has 0 spiro atoms. The Kier molecular flexibility index (Phi) is 5.15. The maximum atomic E-state index is 12.5. The van der Waals surface area contributed by atoms with Crippen molar-refractivity contribution in [3.63, 3.8) is 0 Å². The number of likely N-dealkylation sites (N-methyl/N-ethyl adjacent to an activating group) is 1. The second-order valence-corrected chi connectivity index (χ2v) is 9.62. The van der Waals surface area contributed by atoms with E-state index in [1.807, 2.05) is 0 Å². The third-order valence-electron chi connectivity index (χ3n) is 5.52. The lowest BCUT2D eigenvalue weighted by Gasteiger charge is -2.45. The molecule has 0 aromatic carbocycles. The highest BCUT2D eigenvalue weighted by atomic mass is 32.2. The Morgan fingerprint density at radius 2 is 1.89 bits per heavy atom. The number of aliphatic hydroxyl groups excluding tert-OH is 1. The van der Waals surface area contributed by atoms with Crippen molar-refractivity contribution in [2.45, 2.75) is 49.0 Å². The smallest absolute Gasteiger partial charge is 0.327 e. The first kappa shape index (κ1) is 19.9. The molecule has 3 amide bonds. The molecule has 0 aliphatic carbocycles. The van der Waals surface area contributed by atoms with Crippen LogP contribution in [0.4, 0.5) is 0 Å². The lowest BCUT2D eigenvalue weighted by atomic mass is 9.87. The lowest BCUT2D eigenvalue weighted by molar-refractivity contribution is -0.173. The molecule has 0 unspecified atom stereocenters. The number of fused-ring (bicyclic) bond motifs is 1. The van der Waals surface area contributed by atoms with Gasteiger partial charge in [0, 0.05) is 24.9 Å². The van der Waals surface area contributed by atoms with Crippen LogP contribution in [-0.4, -0.2) is 97.6 Å². The largest absolute Gasteiger partial charge is 0.480 e. The molecule has 3 fully saturated rings. The standard InChI is InChI=1S/C17H25N3O6S/c1-17(2)12(16(25)26)20-13(23)10(15(20)27-17)11(22)14(24)18(3)8-9(21)19-6-4-5-7-19/h10-12,15,22H,4-8H2,1-3H3,(H,25,26)/t10-,11+,12+,15-/m1/s1. The number of rotatable bonds is 5. The number of carbonyl (C=O) groups is 4. The van der Waals surface area contributed by atoms with Gasteiger partial charge in [-0.05, 0) is 26.7 Å². The number of nitrogens with zero attached hydrogens (tertiary/aromatic N) is 3. The Morgan fingerprint density at radius 3 is 2.44 bits per heavy atom. The zero-order valence-corrected chi connectivity index (χ0v) is 16.4. The predicted molar refractivity (Wildman–Crippen MR) is 96.7 cm³/mol. The van der Waals surface area contributed by atoms with Crippen LogP contribution in [0.1, 0.15) is 26.7 Å². The summed E-state index contributed by atoms with van der Waals surface area (Å²) in [6, 6.07) is -0.993. The molecule has 3 heterocycles. The van der Waals surface area contributed by atoms with Crippen molar-refractivity contribution >= 4 is 35.5 Å². The average Bonchev–Trinajstić information content (AvgIpc) is 3.18. The van der Waals surface area contributed by atoms with Crippen LogP contribution in [0.3, 0.4) is 0 Å². The van der Waals surface area contributed by atoms with Gasteiger partial charge >= 0.3 is 5.97 Å². The summed E-state index contributed by atoms with van der Waals surface area (Å²) in [5.74, 6) is -3.51. The van der Waals surface area contributed by atoms with Gasteiger partial charge in [-0.15, -0.1) is 11.8 Å². The molecule has 10 heteroatoms. The van der Waals surface area contributed by atoms with Crippen LogP contribution >= 0.6 is 11.8 Å². The van der Waals surface area contributed by atoms with Crippen LogP contribution in [0.2, 0.25) is 0 Å². The Morgan fingerprint density at radius 1 is 1.30 bits per heavy atom. The number of carboxylic acids is 1. The summed E-state index contributed by atoms with van der Waals surface area (Å²) in [4.78, 5) is 52.8. The quantitative estimate of drug-likeness (QED) is 0.581. The highest BCUT2D eigenvalue weighted by Gasteiger charge is 2.66. The number of aliphatic hydroxyl groups is 1. The normalized spacial score (nSPS) is 29.9. The van der Waals surface area contributed by atoms with E-state index in [-0.39, 0.29) is 12.5 Å². The third kappa shape index (κ3) is 3.29. The van der Waals surface area contributed by atoms with Crippen LogP contribution in [0.25, 0.3) is 0 Å². The van der Waals surface area contributed by atoms with Crippen molar-refractivity contribution in [3.05, 3.63) is 0 Å². The number of amides is 3. The second-order valence-electron chi connectivity index (χ2n) is 7.85. The molecule has 0 aromatic rings. The summed E-state index contributed by atoms with van der Waals surface area (Å²) in [6.07, 6.45) is 0.293. The second kappa shape index (κ2) is 6.97. The summed E-state index contributed by atoms with van der Waals surface area (Å²) in [5.41, 5.74) is 0. The predicted octanol–water partition coefficient (Wildman–Crippen LogP) is -0.809. The number of hydrogen-bond donors (Lipinski definition) is 2. The van der Waals surface area contributed by atoms with Crippen molar-refractivity contribution in [1.82, 2.24) is 14.7 Å². The molecule has 3 aliphatic rings. The topological polar surface area (TPSA) is 118 Å². The van der Waals surface area contributed by atoms with Gasteiger partial charge in [-0.1, -0.05) is 0 Å². The Hall–Kier alpha value is -1.81. The summed E-state index contributed by atoms with van der Waals surface area (Å²) < 4.78 is -0.721. The number of likely N-dealkylation sites (tertiary alicyclic amines) is 1. The molecule has 4 atom stereocenters. The molecule has 0 bridgehead atoms. The minimum absolute atomic E-state index is 0.151. The minimum Gasteiger partial charge on any atom is -0.480 e. The van der Waals surface area contributed by atoms with Gasteiger partial charge in [-0.3, -0.25) is 14.4 Å². The molecule has 27 heavy (non-hydrogen) atoms. The van der Waals surface area contributed by atoms with Crippen molar-refractivity contribution < 1.29 is 29.4 Å². The molecule has 3 saturated heterocycles. The van der Waals surface area contributed by atoms with E-state index in [1.165, 1.54) is 23.7 Å². The first-order valence-electron chi connectivity index (χ1n) is 9.00. The zero-order chi connectivity index (χ0) is 20.1. The van der Waals surface area contributed by atoms with Gasteiger partial charge in [-0.25, -0.2) is 4.79 Å². The molecule has 0 aromatic heterocycles. The highest BCUT2D eigenvalue weighted by molar-refractivity contribution is 8.01. The number of aliphatic carboxylic acids is 1. The first-order valence-corrected chi connectivity index (χ1v) is 9.88. The maximum absolute atomic E-state index is 12.5. The van der Waals surface area contributed by atoms with E-state index < -0.39 is 46.0 Å². The molecule has 2 N–H and O–H groups in total. The minimum atomic E-state index is -1.59. The molecule has 9 nitrogen and oxygen atoms in total. The summed E-state index contributed by atoms with van der Waals surface area (Å²) >= 11 is 1.28. The maximum Gasteiger partial charge on any atom is 0.327 e. The van der Waals surface area contributed by atoms with Crippen molar-refractivity contribution in [2.75, 3.05) is 26.7 Å². The van der Waals surface area contributed by atoms with Crippen LogP contribution in [0.15, 0.2) is 0 Å². The monoisotopic (exact) mass is 399 g/mol. The lowest BCUT2D eigenvalue weighted by Crippen LogP contribution is -2.67. The summed E-state index contributed by atoms with van der Waals surface area (Å²) in [6.45, 7) is 4.65. The van der Waals surface area contributed by atoms with Crippen molar-refractivity contribution in [1.29, 1.82) is 0 Å². The van der Waals surface area contributed by atoms with Crippen molar-refractivity contribution in [2.24, 2.45) is 5.92 Å². The molecule has 0 saturated carbocycles. The number of hydrogen-bond acceptors (Lipinski definition) is 6. The van der Waals surface area contributed by atoms with Crippen LogP contribution in [0, 0.1) is 5.92 Å². The zero-order valence-electron chi connectivity index (χ0n) is 15.6. The van der Waals surface area contributed by atoms with Crippen LogP contribution < -0.4 is 0 Å². The van der Waals surface area contributed by atoms with E-state index in [4.69, 9.17) is 0 Å².